The first-order chi connectivity index (χ1) is 4.74. The van der Waals surface area contributed by atoms with Gasteiger partial charge in [-0.15, -0.1) is 0 Å². The van der Waals surface area contributed by atoms with Crippen LogP contribution in [0.1, 0.15) is 6.42 Å². The molecule has 1 aliphatic heterocycles. The van der Waals surface area contributed by atoms with Crippen molar-refractivity contribution < 1.29 is 14.3 Å². The molecule has 0 fully saturated rings. The maximum Gasteiger partial charge on any atom is 0.373 e. The second-order valence-corrected chi connectivity index (χ2v) is 1.95. The highest BCUT2D eigenvalue weighted by atomic mass is 16.6. The van der Waals surface area contributed by atoms with Gasteiger partial charge in [0.05, 0.1) is 7.11 Å². The van der Waals surface area contributed by atoms with Crippen molar-refractivity contribution in [1.82, 2.24) is 0 Å². The highest BCUT2D eigenvalue weighted by Crippen LogP contribution is 2.13. The van der Waals surface area contributed by atoms with Gasteiger partial charge in [-0.05, 0) is 6.08 Å². The molecule has 0 bridgehead atoms. The topological polar surface area (TPSA) is 61.5 Å². The van der Waals surface area contributed by atoms with Crippen LogP contribution in [0, 0.1) is 0 Å². The Morgan fingerprint density at radius 1 is 2.00 bits per heavy atom. The van der Waals surface area contributed by atoms with E-state index < -0.39 is 5.97 Å². The van der Waals surface area contributed by atoms with Crippen molar-refractivity contribution in [2.45, 2.75) is 12.6 Å². The monoisotopic (exact) mass is 143 g/mol. The van der Waals surface area contributed by atoms with Crippen molar-refractivity contribution >= 4 is 5.97 Å². The van der Waals surface area contributed by atoms with Gasteiger partial charge in [-0.25, -0.2) is 4.79 Å². The van der Waals surface area contributed by atoms with E-state index in [1.807, 2.05) is 0 Å². The zero-order chi connectivity index (χ0) is 7.56. The minimum atomic E-state index is -0.465. The summed E-state index contributed by atoms with van der Waals surface area (Å²) in [6, 6.07) is 0. The third kappa shape index (κ3) is 1.27. The van der Waals surface area contributed by atoms with E-state index in [-0.39, 0.29) is 12.0 Å². The van der Waals surface area contributed by atoms with Gasteiger partial charge in [-0.3, -0.25) is 5.73 Å². The molecular weight excluding hydrogens is 134 g/mol. The lowest BCUT2D eigenvalue weighted by atomic mass is 10.4. The van der Waals surface area contributed by atoms with Gasteiger partial charge in [-0.1, -0.05) is 0 Å². The zero-order valence-electron chi connectivity index (χ0n) is 5.66. The summed E-state index contributed by atoms with van der Waals surface area (Å²) in [5.74, 6) is -0.247. The number of carbonyl (C=O) groups excluding carboxylic acids is 1. The Hall–Kier alpha value is -1.03. The molecule has 56 valence electrons. The van der Waals surface area contributed by atoms with Crippen molar-refractivity contribution in [3.05, 3.63) is 11.8 Å². The SMILES string of the molecule is COC(=O)C1=CC[C@@H](N)O1. The number of hydrogen-bond donors (Lipinski definition) is 1. The van der Waals surface area contributed by atoms with Crippen molar-refractivity contribution in [1.29, 1.82) is 0 Å². The Bertz CT molecular complexity index is 176. The smallest absolute Gasteiger partial charge is 0.373 e. The zero-order valence-corrected chi connectivity index (χ0v) is 5.66. The van der Waals surface area contributed by atoms with Gasteiger partial charge < -0.3 is 9.47 Å². The van der Waals surface area contributed by atoms with Crippen LogP contribution in [0.3, 0.4) is 0 Å². The Morgan fingerprint density at radius 2 is 2.70 bits per heavy atom. The molecule has 0 amide bonds. The van der Waals surface area contributed by atoms with Crippen LogP contribution >= 0.6 is 0 Å². The highest BCUT2D eigenvalue weighted by Gasteiger charge is 2.20. The lowest BCUT2D eigenvalue weighted by Crippen LogP contribution is -2.19. The number of esters is 1. The fraction of sp³-hybridized carbons (Fsp3) is 0.500. The molecule has 0 aromatic heterocycles. The predicted octanol–water partition coefficient (Wildman–Crippen LogP) is -0.252. The van der Waals surface area contributed by atoms with Gasteiger partial charge >= 0.3 is 5.97 Å². The number of methoxy groups -OCH3 is 1. The molecule has 0 saturated heterocycles. The maximum absolute atomic E-state index is 10.7. The van der Waals surface area contributed by atoms with E-state index in [1.165, 1.54) is 7.11 Å². The first-order valence-corrected chi connectivity index (χ1v) is 2.94. The van der Waals surface area contributed by atoms with Crippen LogP contribution in [0.2, 0.25) is 0 Å². The largest absolute Gasteiger partial charge is 0.468 e. The van der Waals surface area contributed by atoms with E-state index in [4.69, 9.17) is 10.5 Å². The van der Waals surface area contributed by atoms with Crippen LogP contribution in [0.4, 0.5) is 0 Å². The molecule has 1 heterocycles. The maximum atomic E-state index is 10.7. The summed E-state index contributed by atoms with van der Waals surface area (Å²) in [7, 11) is 1.30. The summed E-state index contributed by atoms with van der Waals surface area (Å²) in [5.41, 5.74) is 5.34. The molecular formula is C6H9NO3. The number of ether oxygens (including phenoxy) is 2. The van der Waals surface area contributed by atoms with Gasteiger partial charge in [0.2, 0.25) is 5.76 Å². The molecule has 1 rings (SSSR count). The normalized spacial score (nSPS) is 23.4. The molecule has 1 atom stereocenters. The van der Waals surface area contributed by atoms with Gasteiger partial charge in [0, 0.05) is 6.42 Å². The average molecular weight is 143 g/mol. The second kappa shape index (κ2) is 2.70. The average Bonchev–Trinajstić information content (AvgIpc) is 2.34. The Balaban J connectivity index is 2.51. The number of nitrogens with two attached hydrogens (primary N) is 1. The van der Waals surface area contributed by atoms with E-state index >= 15 is 0 Å². The molecule has 1 aliphatic rings. The van der Waals surface area contributed by atoms with E-state index in [9.17, 15) is 4.79 Å². The van der Waals surface area contributed by atoms with Crippen molar-refractivity contribution in [2.75, 3.05) is 7.11 Å². The van der Waals surface area contributed by atoms with Crippen LogP contribution in [-0.2, 0) is 14.3 Å². The molecule has 0 aromatic carbocycles. The lowest BCUT2D eigenvalue weighted by Gasteiger charge is -2.04. The van der Waals surface area contributed by atoms with Crippen LogP contribution in [-0.4, -0.2) is 19.3 Å². The van der Waals surface area contributed by atoms with E-state index in [0.29, 0.717) is 6.42 Å². The summed E-state index contributed by atoms with van der Waals surface area (Å²) < 4.78 is 9.27. The predicted molar refractivity (Wildman–Crippen MR) is 33.8 cm³/mol. The summed E-state index contributed by atoms with van der Waals surface area (Å²) in [6.07, 6.45) is 1.81. The molecule has 0 saturated carbocycles. The molecule has 10 heavy (non-hydrogen) atoms. The van der Waals surface area contributed by atoms with Gasteiger partial charge in [0.1, 0.15) is 0 Å². The molecule has 0 aliphatic carbocycles. The van der Waals surface area contributed by atoms with Gasteiger partial charge in [0.15, 0.2) is 6.23 Å². The number of carbonyl (C=O) groups is 1. The van der Waals surface area contributed by atoms with Crippen molar-refractivity contribution in [3.63, 3.8) is 0 Å². The quantitative estimate of drug-likeness (QED) is 0.514. The Kier molecular flexibility index (Phi) is 1.91. The van der Waals surface area contributed by atoms with Crippen LogP contribution in [0.5, 0.6) is 0 Å². The molecule has 4 nitrogen and oxygen atoms in total. The minimum absolute atomic E-state index is 0.218. The molecule has 2 N–H and O–H groups in total. The Morgan fingerprint density at radius 3 is 3.10 bits per heavy atom. The molecule has 0 radical (unpaired) electrons. The molecule has 4 heteroatoms. The standard InChI is InChI=1S/C6H9NO3/c1-9-6(8)4-2-3-5(7)10-4/h2,5H,3,7H2,1H3/t5-/m0/s1. The van der Waals surface area contributed by atoms with Crippen molar-refractivity contribution in [3.8, 4) is 0 Å². The van der Waals surface area contributed by atoms with Crippen LogP contribution in [0.15, 0.2) is 11.8 Å². The second-order valence-electron chi connectivity index (χ2n) is 1.95. The summed E-state index contributed by atoms with van der Waals surface area (Å²) in [5, 5.41) is 0. The number of hydrogen-bond acceptors (Lipinski definition) is 4. The van der Waals surface area contributed by atoms with Crippen LogP contribution < -0.4 is 5.73 Å². The lowest BCUT2D eigenvalue weighted by molar-refractivity contribution is -0.140. The van der Waals surface area contributed by atoms with Gasteiger partial charge in [-0.2, -0.15) is 0 Å². The minimum Gasteiger partial charge on any atom is -0.468 e. The van der Waals surface area contributed by atoms with E-state index in [0.717, 1.165) is 0 Å². The highest BCUT2D eigenvalue weighted by molar-refractivity contribution is 5.86. The van der Waals surface area contributed by atoms with Gasteiger partial charge in [0.25, 0.3) is 0 Å². The number of rotatable bonds is 1. The molecule has 0 unspecified atom stereocenters. The first kappa shape index (κ1) is 7.08. The fourth-order valence-corrected chi connectivity index (χ4v) is 0.715. The molecule has 0 spiro atoms. The summed E-state index contributed by atoms with van der Waals surface area (Å²) >= 11 is 0. The van der Waals surface area contributed by atoms with E-state index in [2.05, 4.69) is 4.74 Å². The third-order valence-electron chi connectivity index (χ3n) is 1.20. The molecule has 0 aromatic rings. The first-order valence-electron chi connectivity index (χ1n) is 2.94. The fourth-order valence-electron chi connectivity index (χ4n) is 0.715. The summed E-state index contributed by atoms with van der Waals surface area (Å²) in [6.45, 7) is 0. The Labute approximate surface area is 58.6 Å². The van der Waals surface area contributed by atoms with E-state index in [1.54, 1.807) is 6.08 Å². The summed E-state index contributed by atoms with van der Waals surface area (Å²) in [4.78, 5) is 10.7. The third-order valence-corrected chi connectivity index (χ3v) is 1.20. The van der Waals surface area contributed by atoms with Crippen LogP contribution in [0.25, 0.3) is 0 Å². The van der Waals surface area contributed by atoms with Crippen molar-refractivity contribution in [2.24, 2.45) is 5.73 Å².